The molecule has 0 aliphatic rings. The largest absolute Gasteiger partial charge is 0.488 e. The molecule has 1 heterocycles. The van der Waals surface area contributed by atoms with Crippen LogP contribution in [0.15, 0.2) is 27.2 Å². The molecule has 0 saturated carbocycles. The molecule has 0 saturated heterocycles. The van der Waals surface area contributed by atoms with E-state index in [-0.39, 0.29) is 6.04 Å². The van der Waals surface area contributed by atoms with Crippen LogP contribution in [0.3, 0.4) is 0 Å². The highest BCUT2D eigenvalue weighted by atomic mass is 79.9. The van der Waals surface area contributed by atoms with E-state index < -0.39 is 0 Å². The van der Waals surface area contributed by atoms with Crippen molar-refractivity contribution in [3.05, 3.63) is 45.3 Å². The van der Waals surface area contributed by atoms with E-state index in [0.717, 1.165) is 32.8 Å². The van der Waals surface area contributed by atoms with Crippen molar-refractivity contribution in [2.24, 2.45) is 5.73 Å². The number of nitrogens with zero attached hydrogens (tertiary/aromatic N) is 1. The molecule has 2 rings (SSSR count). The van der Waals surface area contributed by atoms with Gasteiger partial charge in [0.2, 0.25) is 0 Å². The van der Waals surface area contributed by atoms with Crippen molar-refractivity contribution in [2.75, 3.05) is 0 Å². The van der Waals surface area contributed by atoms with Crippen molar-refractivity contribution in [2.45, 2.75) is 33.4 Å². The Hall–Kier alpha value is -1.33. The lowest BCUT2D eigenvalue weighted by atomic mass is 10.1. The molecule has 0 radical (unpaired) electrons. The molecule has 5 heteroatoms. The topological polar surface area (TPSA) is 61.3 Å². The number of aryl methyl sites for hydroxylation is 2. The van der Waals surface area contributed by atoms with Gasteiger partial charge in [0.1, 0.15) is 18.1 Å². The first kappa shape index (κ1) is 14.1. The number of hydrogen-bond acceptors (Lipinski definition) is 4. The van der Waals surface area contributed by atoms with E-state index in [1.54, 1.807) is 0 Å². The third kappa shape index (κ3) is 3.16. The Balaban J connectivity index is 2.22. The molecule has 1 aromatic heterocycles. The zero-order valence-electron chi connectivity index (χ0n) is 11.2. The molecule has 0 aliphatic carbocycles. The van der Waals surface area contributed by atoms with Crippen molar-refractivity contribution in [1.82, 2.24) is 5.16 Å². The van der Waals surface area contributed by atoms with E-state index in [1.165, 1.54) is 0 Å². The second-order valence-electron chi connectivity index (χ2n) is 4.56. The maximum Gasteiger partial charge on any atom is 0.140 e. The second kappa shape index (κ2) is 5.75. The van der Waals surface area contributed by atoms with Gasteiger partial charge in [-0.3, -0.25) is 0 Å². The molecule has 0 amide bonds. The molecule has 0 spiro atoms. The Bertz CT molecular complexity index is 559. The molecule has 0 aliphatic heterocycles. The molecular formula is C14H17BrN2O2. The minimum atomic E-state index is -0.0761. The zero-order chi connectivity index (χ0) is 14.0. The zero-order valence-corrected chi connectivity index (χ0v) is 12.8. The summed E-state index contributed by atoms with van der Waals surface area (Å²) in [5.41, 5.74) is 8.77. The normalized spacial score (nSPS) is 12.5. The van der Waals surface area contributed by atoms with E-state index in [1.807, 2.05) is 39.0 Å². The van der Waals surface area contributed by atoms with Crippen LogP contribution in [-0.2, 0) is 6.61 Å². The van der Waals surface area contributed by atoms with E-state index in [9.17, 15) is 0 Å². The Labute approximate surface area is 121 Å². The number of ether oxygens (including phenoxy) is 1. The number of aromatic nitrogens is 1. The maximum absolute atomic E-state index is 5.95. The van der Waals surface area contributed by atoms with Gasteiger partial charge in [0, 0.05) is 16.1 Å². The Morgan fingerprint density at radius 3 is 2.74 bits per heavy atom. The van der Waals surface area contributed by atoms with Gasteiger partial charge in [-0.2, -0.15) is 0 Å². The fourth-order valence-corrected chi connectivity index (χ4v) is 2.21. The van der Waals surface area contributed by atoms with Crippen LogP contribution in [0.4, 0.5) is 0 Å². The molecule has 2 aromatic rings. The number of hydrogen-bond donors (Lipinski definition) is 1. The summed E-state index contributed by atoms with van der Waals surface area (Å²) in [5, 5.41) is 3.91. The monoisotopic (exact) mass is 324 g/mol. The summed E-state index contributed by atoms with van der Waals surface area (Å²) < 4.78 is 12.0. The lowest BCUT2D eigenvalue weighted by Crippen LogP contribution is -2.08. The highest BCUT2D eigenvalue weighted by Crippen LogP contribution is 2.29. The predicted molar refractivity (Wildman–Crippen MR) is 77.1 cm³/mol. The molecule has 19 heavy (non-hydrogen) atoms. The third-order valence-corrected chi connectivity index (χ3v) is 3.51. The second-order valence-corrected chi connectivity index (χ2v) is 5.48. The van der Waals surface area contributed by atoms with Crippen molar-refractivity contribution in [1.29, 1.82) is 0 Å². The van der Waals surface area contributed by atoms with E-state index in [4.69, 9.17) is 15.0 Å². The summed E-state index contributed by atoms with van der Waals surface area (Å²) in [4.78, 5) is 0. The summed E-state index contributed by atoms with van der Waals surface area (Å²) in [5.74, 6) is 1.57. The Kier molecular flexibility index (Phi) is 4.27. The van der Waals surface area contributed by atoms with Gasteiger partial charge in [0.05, 0.1) is 11.3 Å². The van der Waals surface area contributed by atoms with Crippen LogP contribution in [0.25, 0.3) is 0 Å². The molecule has 1 atom stereocenters. The smallest absolute Gasteiger partial charge is 0.140 e. The van der Waals surface area contributed by atoms with Crippen molar-refractivity contribution < 1.29 is 9.26 Å². The summed E-state index contributed by atoms with van der Waals surface area (Å²) in [7, 11) is 0. The molecule has 102 valence electrons. The SMILES string of the molecule is Cc1noc(C)c1COc1cc(Br)ccc1[C@@H](C)N. The van der Waals surface area contributed by atoms with Crippen molar-refractivity contribution in [3.8, 4) is 5.75 Å². The molecule has 2 N–H and O–H groups in total. The highest BCUT2D eigenvalue weighted by Gasteiger charge is 2.13. The van der Waals surface area contributed by atoms with Crippen LogP contribution in [0.5, 0.6) is 5.75 Å². The van der Waals surface area contributed by atoms with Crippen molar-refractivity contribution in [3.63, 3.8) is 0 Å². The lowest BCUT2D eigenvalue weighted by Gasteiger charge is -2.14. The number of rotatable bonds is 4. The minimum Gasteiger partial charge on any atom is -0.488 e. The first-order valence-electron chi connectivity index (χ1n) is 6.08. The molecule has 0 fully saturated rings. The first-order chi connectivity index (χ1) is 8.99. The lowest BCUT2D eigenvalue weighted by molar-refractivity contribution is 0.297. The molecule has 4 nitrogen and oxygen atoms in total. The summed E-state index contributed by atoms with van der Waals surface area (Å²) in [6, 6.07) is 5.78. The quantitative estimate of drug-likeness (QED) is 0.932. The van der Waals surface area contributed by atoms with Gasteiger partial charge in [-0.1, -0.05) is 27.2 Å². The fourth-order valence-electron chi connectivity index (χ4n) is 1.87. The van der Waals surface area contributed by atoms with Gasteiger partial charge in [-0.25, -0.2) is 0 Å². The number of nitrogens with two attached hydrogens (primary N) is 1. The van der Waals surface area contributed by atoms with E-state index in [0.29, 0.717) is 6.61 Å². The standard InChI is InChI=1S/C14H17BrN2O2/c1-8(16)12-5-4-11(15)6-14(12)18-7-13-9(2)17-19-10(13)3/h4-6,8H,7,16H2,1-3H3/t8-/m1/s1. The van der Waals surface area contributed by atoms with Gasteiger partial charge < -0.3 is 15.0 Å². The van der Waals surface area contributed by atoms with Gasteiger partial charge in [0.15, 0.2) is 0 Å². The number of halogens is 1. The van der Waals surface area contributed by atoms with Crippen LogP contribution < -0.4 is 10.5 Å². The minimum absolute atomic E-state index is 0.0761. The first-order valence-corrected chi connectivity index (χ1v) is 6.88. The summed E-state index contributed by atoms with van der Waals surface area (Å²) in [6.45, 7) is 6.15. The number of benzene rings is 1. The van der Waals surface area contributed by atoms with Gasteiger partial charge in [-0.05, 0) is 32.9 Å². The van der Waals surface area contributed by atoms with Gasteiger partial charge in [0.25, 0.3) is 0 Å². The molecule has 0 unspecified atom stereocenters. The Morgan fingerprint density at radius 1 is 1.42 bits per heavy atom. The van der Waals surface area contributed by atoms with Gasteiger partial charge >= 0.3 is 0 Å². The van der Waals surface area contributed by atoms with Crippen LogP contribution in [-0.4, -0.2) is 5.16 Å². The summed E-state index contributed by atoms with van der Waals surface area (Å²) >= 11 is 3.44. The van der Waals surface area contributed by atoms with E-state index >= 15 is 0 Å². The average Bonchev–Trinajstić information content (AvgIpc) is 2.66. The molecule has 0 bridgehead atoms. The van der Waals surface area contributed by atoms with Crippen molar-refractivity contribution >= 4 is 15.9 Å². The summed E-state index contributed by atoms with van der Waals surface area (Å²) in [6.07, 6.45) is 0. The van der Waals surface area contributed by atoms with Gasteiger partial charge in [-0.15, -0.1) is 0 Å². The Morgan fingerprint density at radius 2 is 2.16 bits per heavy atom. The maximum atomic E-state index is 5.95. The van der Waals surface area contributed by atoms with Crippen LogP contribution in [0.2, 0.25) is 0 Å². The third-order valence-electron chi connectivity index (χ3n) is 3.02. The molecule has 1 aromatic carbocycles. The highest BCUT2D eigenvalue weighted by molar-refractivity contribution is 9.10. The van der Waals surface area contributed by atoms with E-state index in [2.05, 4.69) is 21.1 Å². The van der Waals surface area contributed by atoms with Crippen LogP contribution in [0, 0.1) is 13.8 Å². The van der Waals surface area contributed by atoms with Crippen LogP contribution >= 0.6 is 15.9 Å². The predicted octanol–water partition coefficient (Wildman–Crippen LogP) is 3.65. The average molecular weight is 325 g/mol. The van der Waals surface area contributed by atoms with Crippen LogP contribution in [0.1, 0.15) is 35.5 Å². The molecular weight excluding hydrogens is 308 g/mol. The fraction of sp³-hybridized carbons (Fsp3) is 0.357.